The summed E-state index contributed by atoms with van der Waals surface area (Å²) in [4.78, 5) is 13.1. The number of nitrogens with zero attached hydrogens (tertiary/aromatic N) is 1. The molecule has 0 radical (unpaired) electrons. The van der Waals surface area contributed by atoms with Gasteiger partial charge in [0.05, 0.1) is 5.92 Å². The summed E-state index contributed by atoms with van der Waals surface area (Å²) in [6.45, 7) is 5.07. The summed E-state index contributed by atoms with van der Waals surface area (Å²) < 4.78 is 5.71. The molecule has 0 unspecified atom stereocenters. The second-order valence-corrected chi connectivity index (χ2v) is 5.32. The van der Waals surface area contributed by atoms with Gasteiger partial charge in [-0.25, -0.2) is 0 Å². The van der Waals surface area contributed by atoms with Gasteiger partial charge in [-0.15, -0.1) is 0 Å². The molecule has 1 aliphatic rings. The van der Waals surface area contributed by atoms with Crippen LogP contribution in [0.15, 0.2) is 18.2 Å². The first-order valence-corrected chi connectivity index (χ1v) is 7.00. The van der Waals surface area contributed by atoms with E-state index in [1.165, 1.54) is 0 Å². The van der Waals surface area contributed by atoms with Crippen LogP contribution in [-0.2, 0) is 4.79 Å². The largest absolute Gasteiger partial charge is 0.492 e. The third kappa shape index (κ3) is 3.87. The van der Waals surface area contributed by atoms with Crippen molar-refractivity contribution in [1.29, 1.82) is 0 Å². The van der Waals surface area contributed by atoms with E-state index in [4.69, 9.17) is 15.6 Å². The standard InChI is InChI=1S/C15H22N2O3/c1-11-10-13(2-3-14(11)16)20-9-8-17-6-4-12(5-7-17)15(18)19/h2-3,10,12H,4-9,16H2,1H3,(H,18,19). The number of anilines is 1. The van der Waals surface area contributed by atoms with Gasteiger partial charge in [-0.2, -0.15) is 0 Å². The molecular weight excluding hydrogens is 256 g/mol. The normalized spacial score (nSPS) is 17.1. The van der Waals surface area contributed by atoms with E-state index in [2.05, 4.69) is 4.90 Å². The van der Waals surface area contributed by atoms with Crippen molar-refractivity contribution in [2.24, 2.45) is 5.92 Å². The maximum Gasteiger partial charge on any atom is 0.306 e. The fourth-order valence-electron chi connectivity index (χ4n) is 2.43. The average Bonchev–Trinajstić information content (AvgIpc) is 2.43. The number of piperidine rings is 1. The molecule has 0 spiro atoms. The van der Waals surface area contributed by atoms with Gasteiger partial charge in [0.25, 0.3) is 0 Å². The first kappa shape index (κ1) is 14.7. The average molecular weight is 278 g/mol. The van der Waals surface area contributed by atoms with Gasteiger partial charge in [0.1, 0.15) is 12.4 Å². The zero-order valence-electron chi connectivity index (χ0n) is 11.8. The van der Waals surface area contributed by atoms with E-state index in [0.29, 0.717) is 6.61 Å². The van der Waals surface area contributed by atoms with Crippen LogP contribution in [0.25, 0.3) is 0 Å². The number of nitrogens with two attached hydrogens (primary N) is 1. The van der Waals surface area contributed by atoms with E-state index in [1.54, 1.807) is 0 Å². The highest BCUT2D eigenvalue weighted by atomic mass is 16.5. The summed E-state index contributed by atoms with van der Waals surface area (Å²) in [7, 11) is 0. The second kappa shape index (κ2) is 6.61. The molecule has 1 aliphatic heterocycles. The Hall–Kier alpha value is -1.75. The lowest BCUT2D eigenvalue weighted by Gasteiger charge is -2.29. The SMILES string of the molecule is Cc1cc(OCCN2CCC(C(=O)O)CC2)ccc1N. The number of carbonyl (C=O) groups is 1. The van der Waals surface area contributed by atoms with Gasteiger partial charge in [0.2, 0.25) is 0 Å². The number of carboxylic acid groups (broad SMARTS) is 1. The van der Waals surface area contributed by atoms with E-state index < -0.39 is 5.97 Å². The van der Waals surface area contributed by atoms with Crippen LogP contribution < -0.4 is 10.5 Å². The number of hydrogen-bond acceptors (Lipinski definition) is 4. The number of rotatable bonds is 5. The van der Waals surface area contributed by atoms with Crippen LogP contribution in [0.5, 0.6) is 5.75 Å². The molecule has 1 aromatic rings. The molecule has 0 bridgehead atoms. The van der Waals surface area contributed by atoms with Crippen LogP contribution in [0, 0.1) is 12.8 Å². The number of aryl methyl sites for hydroxylation is 1. The lowest BCUT2D eigenvalue weighted by Crippen LogP contribution is -2.38. The minimum Gasteiger partial charge on any atom is -0.492 e. The minimum atomic E-state index is -0.668. The van der Waals surface area contributed by atoms with Gasteiger partial charge in [-0.1, -0.05) is 0 Å². The lowest BCUT2D eigenvalue weighted by atomic mass is 9.97. The van der Waals surface area contributed by atoms with Crippen molar-refractivity contribution >= 4 is 11.7 Å². The van der Waals surface area contributed by atoms with Crippen molar-refractivity contribution in [3.05, 3.63) is 23.8 Å². The van der Waals surface area contributed by atoms with Gasteiger partial charge in [-0.05, 0) is 56.6 Å². The Morgan fingerprint density at radius 1 is 1.45 bits per heavy atom. The first-order valence-electron chi connectivity index (χ1n) is 7.00. The number of benzene rings is 1. The summed E-state index contributed by atoms with van der Waals surface area (Å²) in [6, 6.07) is 5.66. The quantitative estimate of drug-likeness (QED) is 0.803. The Bertz CT molecular complexity index is 468. The number of ether oxygens (including phenoxy) is 1. The van der Waals surface area contributed by atoms with Crippen LogP contribution in [0.1, 0.15) is 18.4 Å². The molecule has 2 rings (SSSR count). The molecule has 5 nitrogen and oxygen atoms in total. The fraction of sp³-hybridized carbons (Fsp3) is 0.533. The number of hydrogen-bond donors (Lipinski definition) is 2. The summed E-state index contributed by atoms with van der Waals surface area (Å²) in [6.07, 6.45) is 1.46. The molecule has 110 valence electrons. The Balaban J connectivity index is 1.71. The maximum atomic E-state index is 10.9. The van der Waals surface area contributed by atoms with E-state index in [1.807, 2.05) is 25.1 Å². The maximum absolute atomic E-state index is 10.9. The highest BCUT2D eigenvalue weighted by Crippen LogP contribution is 2.19. The van der Waals surface area contributed by atoms with E-state index in [0.717, 1.165) is 49.5 Å². The Morgan fingerprint density at radius 2 is 2.15 bits per heavy atom. The van der Waals surface area contributed by atoms with Crippen LogP contribution in [0.4, 0.5) is 5.69 Å². The summed E-state index contributed by atoms with van der Waals surface area (Å²) in [5, 5.41) is 8.94. The molecular formula is C15H22N2O3. The van der Waals surface area contributed by atoms with Crippen molar-refractivity contribution in [3.8, 4) is 5.75 Å². The number of nitrogen functional groups attached to an aromatic ring is 1. The molecule has 5 heteroatoms. The highest BCUT2D eigenvalue weighted by Gasteiger charge is 2.23. The van der Waals surface area contributed by atoms with Gasteiger partial charge >= 0.3 is 5.97 Å². The third-order valence-electron chi connectivity index (χ3n) is 3.85. The van der Waals surface area contributed by atoms with Crippen LogP contribution >= 0.6 is 0 Å². The molecule has 0 aliphatic carbocycles. The molecule has 1 aromatic carbocycles. The zero-order chi connectivity index (χ0) is 14.5. The van der Waals surface area contributed by atoms with Crippen LogP contribution in [-0.4, -0.2) is 42.2 Å². The van der Waals surface area contributed by atoms with Gasteiger partial charge in [-0.3, -0.25) is 9.69 Å². The molecule has 0 atom stereocenters. The summed E-state index contributed by atoms with van der Waals surface area (Å²) in [5.41, 5.74) is 7.55. The van der Waals surface area contributed by atoms with Crippen molar-refractivity contribution < 1.29 is 14.6 Å². The van der Waals surface area contributed by atoms with Crippen LogP contribution in [0.3, 0.4) is 0 Å². The molecule has 0 aromatic heterocycles. The number of carboxylic acids is 1. The van der Waals surface area contributed by atoms with Crippen molar-refractivity contribution in [3.63, 3.8) is 0 Å². The van der Waals surface area contributed by atoms with Gasteiger partial charge < -0.3 is 15.6 Å². The van der Waals surface area contributed by atoms with Crippen LogP contribution in [0.2, 0.25) is 0 Å². The zero-order valence-corrected chi connectivity index (χ0v) is 11.8. The monoisotopic (exact) mass is 278 g/mol. The smallest absolute Gasteiger partial charge is 0.306 e. The topological polar surface area (TPSA) is 75.8 Å². The number of likely N-dealkylation sites (tertiary alicyclic amines) is 1. The van der Waals surface area contributed by atoms with Gasteiger partial charge in [0.15, 0.2) is 0 Å². The number of aliphatic carboxylic acids is 1. The molecule has 1 heterocycles. The van der Waals surface area contributed by atoms with E-state index in [-0.39, 0.29) is 5.92 Å². The second-order valence-electron chi connectivity index (χ2n) is 5.32. The highest BCUT2D eigenvalue weighted by molar-refractivity contribution is 5.70. The van der Waals surface area contributed by atoms with Gasteiger partial charge in [0, 0.05) is 12.2 Å². The van der Waals surface area contributed by atoms with E-state index >= 15 is 0 Å². The molecule has 3 N–H and O–H groups in total. The minimum absolute atomic E-state index is 0.174. The first-order chi connectivity index (χ1) is 9.56. The fourth-order valence-corrected chi connectivity index (χ4v) is 2.43. The Labute approximate surface area is 119 Å². The van der Waals surface area contributed by atoms with Crippen molar-refractivity contribution in [2.45, 2.75) is 19.8 Å². The Kier molecular flexibility index (Phi) is 4.84. The van der Waals surface area contributed by atoms with Crippen molar-refractivity contribution in [1.82, 2.24) is 4.90 Å². The summed E-state index contributed by atoms with van der Waals surface area (Å²) in [5.74, 6) is -0.0118. The lowest BCUT2D eigenvalue weighted by molar-refractivity contribution is -0.143. The molecule has 0 amide bonds. The predicted molar refractivity (Wildman–Crippen MR) is 77.9 cm³/mol. The molecule has 20 heavy (non-hydrogen) atoms. The molecule has 1 fully saturated rings. The summed E-state index contributed by atoms with van der Waals surface area (Å²) >= 11 is 0. The van der Waals surface area contributed by atoms with E-state index in [9.17, 15) is 4.79 Å². The third-order valence-corrected chi connectivity index (χ3v) is 3.85. The Morgan fingerprint density at radius 3 is 2.75 bits per heavy atom. The van der Waals surface area contributed by atoms with Crippen molar-refractivity contribution in [2.75, 3.05) is 32.0 Å². The molecule has 1 saturated heterocycles. The predicted octanol–water partition coefficient (Wildman–Crippen LogP) is 1.75. The molecule has 0 saturated carbocycles.